The summed E-state index contributed by atoms with van der Waals surface area (Å²) in [5.74, 6) is 1.13. The monoisotopic (exact) mass is 415 g/mol. The summed E-state index contributed by atoms with van der Waals surface area (Å²) in [5.41, 5.74) is 0.0205. The van der Waals surface area contributed by atoms with Gasteiger partial charge in [0.15, 0.2) is 11.7 Å². The van der Waals surface area contributed by atoms with Gasteiger partial charge in [-0.2, -0.15) is 13.2 Å². The zero-order valence-electron chi connectivity index (χ0n) is 15.8. The third kappa shape index (κ3) is 6.99. The fourth-order valence-electron chi connectivity index (χ4n) is 2.22. The van der Waals surface area contributed by atoms with Crippen molar-refractivity contribution in [3.63, 3.8) is 0 Å². The van der Waals surface area contributed by atoms with E-state index in [1.807, 2.05) is 26.0 Å². The van der Waals surface area contributed by atoms with Crippen LogP contribution in [0.5, 0.6) is 5.88 Å². The van der Waals surface area contributed by atoms with Crippen LogP contribution in [0.1, 0.15) is 36.5 Å². The molecule has 2 rings (SSSR count). The van der Waals surface area contributed by atoms with E-state index in [0.29, 0.717) is 49.5 Å². The van der Waals surface area contributed by atoms with Crippen molar-refractivity contribution in [2.45, 2.75) is 39.4 Å². The highest BCUT2D eigenvalue weighted by molar-refractivity contribution is 7.09. The highest BCUT2D eigenvalue weighted by Gasteiger charge is 2.33. The maximum absolute atomic E-state index is 12.6. The Bertz CT molecular complexity index is 764. The highest BCUT2D eigenvalue weighted by atomic mass is 32.1. The number of halogens is 3. The van der Waals surface area contributed by atoms with E-state index in [1.165, 1.54) is 0 Å². The summed E-state index contributed by atoms with van der Waals surface area (Å²) in [4.78, 5) is 12.4. The first-order valence-corrected chi connectivity index (χ1v) is 9.92. The van der Waals surface area contributed by atoms with Crippen LogP contribution < -0.4 is 15.4 Å². The topological polar surface area (TPSA) is 71.4 Å². The Hall–Kier alpha value is -2.36. The van der Waals surface area contributed by atoms with E-state index in [0.717, 1.165) is 28.7 Å². The molecular weight excluding hydrogens is 391 g/mol. The van der Waals surface area contributed by atoms with E-state index in [2.05, 4.69) is 25.6 Å². The minimum Gasteiger partial charge on any atom is -0.477 e. The van der Waals surface area contributed by atoms with Crippen molar-refractivity contribution < 1.29 is 17.9 Å². The third-order valence-electron chi connectivity index (χ3n) is 3.52. The number of rotatable bonds is 9. The fourth-order valence-corrected chi connectivity index (χ4v) is 3.03. The Morgan fingerprint density at radius 3 is 2.79 bits per heavy atom. The second-order valence-corrected chi connectivity index (χ2v) is 6.75. The van der Waals surface area contributed by atoms with Gasteiger partial charge in [0.1, 0.15) is 0 Å². The number of pyridine rings is 1. The molecule has 0 saturated heterocycles. The van der Waals surface area contributed by atoms with Crippen molar-refractivity contribution in [2.24, 2.45) is 4.99 Å². The molecule has 0 saturated carbocycles. The van der Waals surface area contributed by atoms with E-state index in [1.54, 1.807) is 6.20 Å². The van der Waals surface area contributed by atoms with Gasteiger partial charge >= 0.3 is 6.18 Å². The van der Waals surface area contributed by atoms with Crippen LogP contribution in [0, 0.1) is 0 Å². The Kier molecular flexibility index (Phi) is 8.49. The number of guanidine groups is 1. The largest absolute Gasteiger partial charge is 0.477 e. The number of alkyl halides is 3. The molecule has 0 atom stereocenters. The number of nitrogens with zero attached hydrogens (tertiary/aromatic N) is 3. The van der Waals surface area contributed by atoms with Gasteiger partial charge in [-0.1, -0.05) is 13.0 Å². The molecule has 0 radical (unpaired) electrons. The van der Waals surface area contributed by atoms with E-state index < -0.39 is 11.9 Å². The van der Waals surface area contributed by atoms with Gasteiger partial charge in [-0.25, -0.2) is 15.0 Å². The van der Waals surface area contributed by atoms with Crippen LogP contribution in [0.2, 0.25) is 0 Å². The van der Waals surface area contributed by atoms with Gasteiger partial charge < -0.3 is 15.4 Å². The van der Waals surface area contributed by atoms with Crippen molar-refractivity contribution in [1.29, 1.82) is 0 Å². The molecule has 0 fully saturated rings. The summed E-state index contributed by atoms with van der Waals surface area (Å²) in [6.07, 6.45) is -1.47. The first-order valence-electron chi connectivity index (χ1n) is 9.04. The Morgan fingerprint density at radius 1 is 1.29 bits per heavy atom. The summed E-state index contributed by atoms with van der Waals surface area (Å²) in [6.45, 7) is 6.00. The first kappa shape index (κ1) is 21.9. The molecule has 0 aromatic carbocycles. The van der Waals surface area contributed by atoms with Crippen LogP contribution in [0.4, 0.5) is 13.2 Å². The SMILES string of the molecule is CCCOc1ncccc1CN=C(NCC)NCCc1nc(C(F)(F)F)cs1. The number of hydrogen-bond donors (Lipinski definition) is 2. The van der Waals surface area contributed by atoms with Gasteiger partial charge in [-0.15, -0.1) is 11.3 Å². The second kappa shape index (κ2) is 10.8. The summed E-state index contributed by atoms with van der Waals surface area (Å²) >= 11 is 1.01. The van der Waals surface area contributed by atoms with E-state index in [-0.39, 0.29) is 0 Å². The Labute approximate surface area is 166 Å². The number of aromatic nitrogens is 2. The number of thiazole rings is 1. The van der Waals surface area contributed by atoms with Crippen LogP contribution >= 0.6 is 11.3 Å². The van der Waals surface area contributed by atoms with Crippen molar-refractivity contribution in [1.82, 2.24) is 20.6 Å². The van der Waals surface area contributed by atoms with Crippen LogP contribution in [-0.2, 0) is 19.1 Å². The van der Waals surface area contributed by atoms with E-state index >= 15 is 0 Å². The quantitative estimate of drug-likeness (QED) is 0.483. The lowest BCUT2D eigenvalue weighted by Gasteiger charge is -2.12. The van der Waals surface area contributed by atoms with Gasteiger partial charge in [0.05, 0.1) is 18.2 Å². The van der Waals surface area contributed by atoms with E-state index in [9.17, 15) is 13.2 Å². The molecular formula is C18H24F3N5OS. The number of ether oxygens (including phenoxy) is 1. The molecule has 2 heterocycles. The van der Waals surface area contributed by atoms with Gasteiger partial charge in [-0.3, -0.25) is 0 Å². The van der Waals surface area contributed by atoms with Crippen molar-refractivity contribution in [3.05, 3.63) is 40.0 Å². The molecule has 10 heteroatoms. The number of aliphatic imine (C=N–C) groups is 1. The predicted octanol–water partition coefficient (Wildman–Crippen LogP) is 3.64. The zero-order chi connectivity index (χ0) is 20.4. The fraction of sp³-hybridized carbons (Fsp3) is 0.500. The minimum atomic E-state index is -4.40. The van der Waals surface area contributed by atoms with Gasteiger partial charge in [-0.05, 0) is 19.4 Å². The number of nitrogens with one attached hydrogen (secondary N) is 2. The molecule has 0 unspecified atom stereocenters. The first-order chi connectivity index (χ1) is 13.4. The van der Waals surface area contributed by atoms with Gasteiger partial charge in [0.2, 0.25) is 5.88 Å². The summed E-state index contributed by atoms with van der Waals surface area (Å²) < 4.78 is 43.5. The third-order valence-corrected chi connectivity index (χ3v) is 4.43. The summed E-state index contributed by atoms with van der Waals surface area (Å²) in [6, 6.07) is 3.73. The Balaban J connectivity index is 1.93. The van der Waals surface area contributed by atoms with Crippen LogP contribution in [0.3, 0.4) is 0 Å². The minimum absolute atomic E-state index is 0.373. The average Bonchev–Trinajstić information content (AvgIpc) is 3.14. The second-order valence-electron chi connectivity index (χ2n) is 5.81. The normalized spacial score (nSPS) is 12.1. The molecule has 2 aromatic rings. The lowest BCUT2D eigenvalue weighted by atomic mass is 10.3. The maximum Gasteiger partial charge on any atom is 0.434 e. The van der Waals surface area contributed by atoms with Crippen molar-refractivity contribution in [3.8, 4) is 5.88 Å². The lowest BCUT2D eigenvalue weighted by molar-refractivity contribution is -0.140. The molecule has 0 aliphatic heterocycles. The maximum atomic E-state index is 12.6. The molecule has 2 aromatic heterocycles. The van der Waals surface area contributed by atoms with Crippen LogP contribution in [0.15, 0.2) is 28.7 Å². The summed E-state index contributed by atoms with van der Waals surface area (Å²) in [5, 5.41) is 7.69. The molecule has 0 spiro atoms. The molecule has 0 bridgehead atoms. The molecule has 0 amide bonds. The molecule has 0 aliphatic rings. The van der Waals surface area contributed by atoms with Crippen molar-refractivity contribution in [2.75, 3.05) is 19.7 Å². The van der Waals surface area contributed by atoms with Gasteiger partial charge in [0.25, 0.3) is 0 Å². The smallest absolute Gasteiger partial charge is 0.434 e. The standard InChI is InChI=1S/C18H24F3N5OS/c1-3-10-27-16-13(6-5-8-23-16)11-25-17(22-4-2)24-9-7-15-26-14(12-28-15)18(19,20)21/h5-6,8,12H,3-4,7,9-11H2,1-2H3,(H2,22,24,25). The number of hydrogen-bond acceptors (Lipinski definition) is 5. The Morgan fingerprint density at radius 2 is 2.11 bits per heavy atom. The van der Waals surface area contributed by atoms with Crippen LogP contribution in [-0.4, -0.2) is 35.6 Å². The highest BCUT2D eigenvalue weighted by Crippen LogP contribution is 2.30. The molecule has 28 heavy (non-hydrogen) atoms. The predicted molar refractivity (Wildman–Crippen MR) is 104 cm³/mol. The molecule has 0 aliphatic carbocycles. The average molecular weight is 415 g/mol. The lowest BCUT2D eigenvalue weighted by Crippen LogP contribution is -2.38. The zero-order valence-corrected chi connectivity index (χ0v) is 16.7. The molecule has 2 N–H and O–H groups in total. The molecule has 6 nitrogen and oxygen atoms in total. The van der Waals surface area contributed by atoms with Crippen molar-refractivity contribution >= 4 is 17.3 Å². The van der Waals surface area contributed by atoms with Gasteiger partial charge in [0, 0.05) is 36.7 Å². The summed E-state index contributed by atoms with van der Waals surface area (Å²) in [7, 11) is 0. The molecule has 154 valence electrons. The van der Waals surface area contributed by atoms with E-state index in [4.69, 9.17) is 4.74 Å². The van der Waals surface area contributed by atoms with Crippen LogP contribution in [0.25, 0.3) is 0 Å².